The number of rotatable bonds is 4. The normalized spacial score (nSPS) is 38.4. The van der Waals surface area contributed by atoms with Crippen LogP contribution in [-0.4, -0.2) is 58.1 Å². The van der Waals surface area contributed by atoms with Gasteiger partial charge in [0.2, 0.25) is 0 Å². The van der Waals surface area contributed by atoms with Gasteiger partial charge >= 0.3 is 5.97 Å². The summed E-state index contributed by atoms with van der Waals surface area (Å²) in [5, 5.41) is 9.00. The number of aliphatic carboxylic acids is 1. The van der Waals surface area contributed by atoms with Crippen LogP contribution in [0, 0.1) is 0 Å². The maximum absolute atomic E-state index is 10.9. The highest BCUT2D eigenvalue weighted by molar-refractivity contribution is 5.67. The zero-order valence-electron chi connectivity index (χ0n) is 11.2. The first-order valence-corrected chi connectivity index (χ1v) is 7.38. The second kappa shape index (κ2) is 4.82. The fraction of sp³-hybridized carbons (Fsp3) is 0.929. The van der Waals surface area contributed by atoms with Crippen LogP contribution in [0.15, 0.2) is 0 Å². The third-order valence-corrected chi connectivity index (χ3v) is 4.92. The van der Waals surface area contributed by atoms with E-state index in [1.807, 2.05) is 0 Å². The van der Waals surface area contributed by atoms with Gasteiger partial charge in [0.15, 0.2) is 0 Å². The molecule has 102 valence electrons. The van der Waals surface area contributed by atoms with Crippen LogP contribution in [0.3, 0.4) is 0 Å². The number of nitrogens with zero attached hydrogens (tertiary/aromatic N) is 2. The van der Waals surface area contributed by atoms with Crippen LogP contribution in [0.25, 0.3) is 0 Å². The predicted octanol–water partition coefficient (Wildman–Crippen LogP) is 1.55. The summed E-state index contributed by atoms with van der Waals surface area (Å²) >= 11 is 0. The van der Waals surface area contributed by atoms with E-state index < -0.39 is 5.97 Å². The van der Waals surface area contributed by atoms with E-state index in [1.165, 1.54) is 32.2 Å². The van der Waals surface area contributed by atoms with E-state index in [0.717, 1.165) is 19.0 Å². The van der Waals surface area contributed by atoms with Crippen LogP contribution < -0.4 is 0 Å². The predicted molar refractivity (Wildman–Crippen MR) is 69.6 cm³/mol. The second-order valence-corrected chi connectivity index (χ2v) is 6.30. The molecule has 0 radical (unpaired) electrons. The van der Waals surface area contributed by atoms with Crippen molar-refractivity contribution in [3.8, 4) is 0 Å². The summed E-state index contributed by atoms with van der Waals surface area (Å²) in [6, 6.07) is 2.42. The zero-order valence-corrected chi connectivity index (χ0v) is 11.2. The van der Waals surface area contributed by atoms with Crippen LogP contribution in [0.1, 0.15) is 45.4 Å². The molecule has 0 aromatic carbocycles. The average molecular weight is 252 g/mol. The monoisotopic (exact) mass is 252 g/mol. The van der Waals surface area contributed by atoms with Crippen LogP contribution in [-0.2, 0) is 4.79 Å². The van der Waals surface area contributed by atoms with E-state index in [0.29, 0.717) is 24.5 Å². The largest absolute Gasteiger partial charge is 0.481 e. The Labute approximate surface area is 109 Å². The summed E-state index contributed by atoms with van der Waals surface area (Å²) in [4.78, 5) is 16.1. The van der Waals surface area contributed by atoms with Gasteiger partial charge in [0.1, 0.15) is 0 Å². The third kappa shape index (κ3) is 2.41. The molecule has 4 heteroatoms. The molecule has 4 nitrogen and oxygen atoms in total. The molecule has 3 rings (SSSR count). The minimum atomic E-state index is -0.642. The molecule has 2 heterocycles. The molecule has 2 aliphatic heterocycles. The fourth-order valence-corrected chi connectivity index (χ4v) is 3.94. The van der Waals surface area contributed by atoms with Gasteiger partial charge in [-0.3, -0.25) is 14.6 Å². The SMILES string of the molecule is CC1CC(N2CCCC2CC(=O)O)CN1C1CC1. The van der Waals surface area contributed by atoms with Gasteiger partial charge in [-0.25, -0.2) is 0 Å². The van der Waals surface area contributed by atoms with Gasteiger partial charge in [0, 0.05) is 30.7 Å². The lowest BCUT2D eigenvalue weighted by Gasteiger charge is -2.29. The number of hydrogen-bond donors (Lipinski definition) is 1. The Morgan fingerprint density at radius 3 is 2.67 bits per heavy atom. The molecule has 3 atom stereocenters. The van der Waals surface area contributed by atoms with Gasteiger partial charge in [-0.1, -0.05) is 0 Å². The summed E-state index contributed by atoms with van der Waals surface area (Å²) in [6.45, 7) is 4.61. The van der Waals surface area contributed by atoms with Crippen molar-refractivity contribution in [1.82, 2.24) is 9.80 Å². The van der Waals surface area contributed by atoms with Gasteiger partial charge in [-0.15, -0.1) is 0 Å². The fourth-order valence-electron chi connectivity index (χ4n) is 3.94. The average Bonchev–Trinajstić information content (AvgIpc) is 2.93. The van der Waals surface area contributed by atoms with Crippen molar-refractivity contribution in [2.75, 3.05) is 13.1 Å². The molecule has 3 unspecified atom stereocenters. The molecule has 0 aromatic heterocycles. The lowest BCUT2D eigenvalue weighted by molar-refractivity contribution is -0.138. The van der Waals surface area contributed by atoms with Crippen molar-refractivity contribution >= 4 is 5.97 Å². The Kier molecular flexibility index (Phi) is 3.32. The molecule has 0 spiro atoms. The summed E-state index contributed by atoms with van der Waals surface area (Å²) < 4.78 is 0. The summed E-state index contributed by atoms with van der Waals surface area (Å²) in [5.41, 5.74) is 0. The van der Waals surface area contributed by atoms with Gasteiger partial charge in [0.25, 0.3) is 0 Å². The molecule has 2 saturated heterocycles. The van der Waals surface area contributed by atoms with E-state index in [4.69, 9.17) is 5.11 Å². The van der Waals surface area contributed by atoms with Gasteiger partial charge in [0.05, 0.1) is 6.42 Å². The molecule has 3 aliphatic rings. The topological polar surface area (TPSA) is 43.8 Å². The summed E-state index contributed by atoms with van der Waals surface area (Å²) in [5.74, 6) is -0.642. The first kappa shape index (κ1) is 12.4. The maximum atomic E-state index is 10.9. The number of hydrogen-bond acceptors (Lipinski definition) is 3. The zero-order chi connectivity index (χ0) is 12.7. The van der Waals surface area contributed by atoms with E-state index in [1.54, 1.807) is 0 Å². The number of likely N-dealkylation sites (tertiary alicyclic amines) is 2. The highest BCUT2D eigenvalue weighted by Gasteiger charge is 2.43. The smallest absolute Gasteiger partial charge is 0.304 e. The van der Waals surface area contributed by atoms with E-state index in [9.17, 15) is 4.79 Å². The van der Waals surface area contributed by atoms with Gasteiger partial charge < -0.3 is 5.11 Å². The molecule has 18 heavy (non-hydrogen) atoms. The molecule has 1 aliphatic carbocycles. The summed E-state index contributed by atoms with van der Waals surface area (Å²) in [6.07, 6.45) is 6.54. The van der Waals surface area contributed by atoms with Crippen LogP contribution >= 0.6 is 0 Å². The number of carboxylic acid groups (broad SMARTS) is 1. The van der Waals surface area contributed by atoms with Gasteiger partial charge in [-0.2, -0.15) is 0 Å². The second-order valence-electron chi connectivity index (χ2n) is 6.30. The Morgan fingerprint density at radius 1 is 1.22 bits per heavy atom. The van der Waals surface area contributed by atoms with Gasteiger partial charge in [-0.05, 0) is 45.6 Å². The molecule has 0 aromatic rings. The molecule has 3 fully saturated rings. The van der Waals surface area contributed by atoms with Crippen LogP contribution in [0.5, 0.6) is 0 Å². The standard InChI is InChI=1S/C14H24N2O2/c1-10-7-13(9-16(10)11-4-5-11)15-6-2-3-12(15)8-14(17)18/h10-13H,2-9H2,1H3,(H,17,18). The first-order chi connectivity index (χ1) is 8.65. The molecule has 0 bridgehead atoms. The Balaban J connectivity index is 1.62. The minimum Gasteiger partial charge on any atom is -0.481 e. The van der Waals surface area contributed by atoms with Crippen molar-refractivity contribution in [2.45, 2.75) is 69.6 Å². The molecular formula is C14H24N2O2. The first-order valence-electron chi connectivity index (χ1n) is 7.38. The quantitative estimate of drug-likeness (QED) is 0.824. The van der Waals surface area contributed by atoms with Crippen LogP contribution in [0.4, 0.5) is 0 Å². The maximum Gasteiger partial charge on any atom is 0.304 e. The van der Waals surface area contributed by atoms with Crippen molar-refractivity contribution in [3.05, 3.63) is 0 Å². The van der Waals surface area contributed by atoms with E-state index in [2.05, 4.69) is 16.7 Å². The van der Waals surface area contributed by atoms with E-state index in [-0.39, 0.29) is 0 Å². The summed E-state index contributed by atoms with van der Waals surface area (Å²) in [7, 11) is 0. The molecular weight excluding hydrogens is 228 g/mol. The minimum absolute atomic E-state index is 0.291. The van der Waals surface area contributed by atoms with E-state index >= 15 is 0 Å². The highest BCUT2D eigenvalue weighted by atomic mass is 16.4. The Hall–Kier alpha value is -0.610. The number of carbonyl (C=O) groups is 1. The molecule has 1 N–H and O–H groups in total. The molecule has 0 amide bonds. The number of carboxylic acids is 1. The third-order valence-electron chi connectivity index (χ3n) is 4.92. The Bertz CT molecular complexity index is 330. The highest BCUT2D eigenvalue weighted by Crippen LogP contribution is 2.36. The van der Waals surface area contributed by atoms with Crippen molar-refractivity contribution in [2.24, 2.45) is 0 Å². The Morgan fingerprint density at radius 2 is 2.00 bits per heavy atom. The van der Waals surface area contributed by atoms with Crippen molar-refractivity contribution < 1.29 is 9.90 Å². The molecule has 1 saturated carbocycles. The lowest BCUT2D eigenvalue weighted by Crippen LogP contribution is -2.42. The lowest BCUT2D eigenvalue weighted by atomic mass is 10.1. The van der Waals surface area contributed by atoms with Crippen LogP contribution in [0.2, 0.25) is 0 Å². The van der Waals surface area contributed by atoms with Crippen molar-refractivity contribution in [3.63, 3.8) is 0 Å². The van der Waals surface area contributed by atoms with Crippen molar-refractivity contribution in [1.29, 1.82) is 0 Å².